The second-order valence-electron chi connectivity index (χ2n) is 6.58. The normalized spacial score (nSPS) is 10.8. The zero-order valence-corrected chi connectivity index (χ0v) is 18.7. The smallest absolute Gasteiger partial charge is 0.348 e. The van der Waals surface area contributed by atoms with Gasteiger partial charge in [0.05, 0.1) is 12.2 Å². The number of nitrogens with zero attached hydrogens (tertiary/aromatic N) is 1. The van der Waals surface area contributed by atoms with Gasteiger partial charge in [-0.25, -0.2) is 4.79 Å². The Kier molecular flexibility index (Phi) is 6.95. The van der Waals surface area contributed by atoms with Crippen molar-refractivity contribution >= 4 is 45.9 Å². The van der Waals surface area contributed by atoms with Crippen LogP contribution in [0.3, 0.4) is 0 Å². The molecule has 0 saturated heterocycles. The lowest BCUT2D eigenvalue weighted by atomic mass is 10.1. The second-order valence-corrected chi connectivity index (χ2v) is 8.01. The number of esters is 1. The minimum Gasteiger partial charge on any atom is -0.462 e. The SMILES string of the molecule is CCOC(=O)c1sc(NC(=O)/C=C/c2ccc(-c3ccc(C)c(Cl)c3)o2)c(C#N)c1C. The number of hydrogen-bond donors (Lipinski definition) is 1. The van der Waals surface area contributed by atoms with E-state index in [-0.39, 0.29) is 12.2 Å². The van der Waals surface area contributed by atoms with Crippen LogP contribution in [-0.4, -0.2) is 18.5 Å². The van der Waals surface area contributed by atoms with Crippen molar-refractivity contribution in [3.05, 3.63) is 68.8 Å². The summed E-state index contributed by atoms with van der Waals surface area (Å²) in [6, 6.07) is 11.2. The predicted molar refractivity (Wildman–Crippen MR) is 121 cm³/mol. The van der Waals surface area contributed by atoms with Gasteiger partial charge in [0.25, 0.3) is 0 Å². The van der Waals surface area contributed by atoms with Crippen LogP contribution in [0.25, 0.3) is 17.4 Å². The molecule has 3 aromatic rings. The van der Waals surface area contributed by atoms with Gasteiger partial charge in [0.1, 0.15) is 27.5 Å². The molecule has 1 amide bonds. The van der Waals surface area contributed by atoms with E-state index in [9.17, 15) is 14.9 Å². The fourth-order valence-corrected chi connectivity index (χ4v) is 4.02. The van der Waals surface area contributed by atoms with E-state index in [1.807, 2.05) is 31.2 Å². The zero-order chi connectivity index (χ0) is 22.5. The molecule has 1 N–H and O–H groups in total. The summed E-state index contributed by atoms with van der Waals surface area (Å²) in [6.07, 6.45) is 2.82. The van der Waals surface area contributed by atoms with E-state index >= 15 is 0 Å². The largest absolute Gasteiger partial charge is 0.462 e. The van der Waals surface area contributed by atoms with Gasteiger partial charge < -0.3 is 14.5 Å². The molecule has 0 aliphatic rings. The fraction of sp³-hybridized carbons (Fsp3) is 0.174. The number of rotatable bonds is 6. The van der Waals surface area contributed by atoms with Crippen LogP contribution in [0.1, 0.15) is 39.0 Å². The third-order valence-corrected chi connectivity index (χ3v) is 6.03. The van der Waals surface area contributed by atoms with Gasteiger partial charge in [0.15, 0.2) is 0 Å². The van der Waals surface area contributed by atoms with Crippen molar-refractivity contribution in [2.24, 2.45) is 0 Å². The van der Waals surface area contributed by atoms with Gasteiger partial charge in [-0.2, -0.15) is 5.26 Å². The van der Waals surface area contributed by atoms with Crippen molar-refractivity contribution in [3.63, 3.8) is 0 Å². The molecule has 0 aliphatic carbocycles. The molecule has 0 atom stereocenters. The first-order valence-corrected chi connectivity index (χ1v) is 10.6. The molecule has 6 nitrogen and oxygen atoms in total. The Bertz CT molecular complexity index is 1220. The van der Waals surface area contributed by atoms with Crippen molar-refractivity contribution in [1.29, 1.82) is 5.26 Å². The Morgan fingerprint density at radius 2 is 2.06 bits per heavy atom. The Balaban J connectivity index is 1.74. The number of amides is 1. The average Bonchev–Trinajstić information content (AvgIpc) is 3.33. The quantitative estimate of drug-likeness (QED) is 0.365. The first-order valence-electron chi connectivity index (χ1n) is 9.40. The number of carbonyl (C=O) groups is 2. The number of halogens is 1. The van der Waals surface area contributed by atoms with Gasteiger partial charge in [-0.3, -0.25) is 4.79 Å². The number of furan rings is 1. The monoisotopic (exact) mass is 454 g/mol. The van der Waals surface area contributed by atoms with Crippen LogP contribution in [0.15, 0.2) is 40.8 Å². The van der Waals surface area contributed by atoms with Gasteiger partial charge in [-0.05, 0) is 56.2 Å². The molecule has 1 aromatic carbocycles. The molecule has 0 bridgehead atoms. The summed E-state index contributed by atoms with van der Waals surface area (Å²) < 4.78 is 10.8. The number of nitrogens with one attached hydrogen (secondary N) is 1. The van der Waals surface area contributed by atoms with Gasteiger partial charge >= 0.3 is 5.97 Å². The molecule has 0 radical (unpaired) electrons. The Morgan fingerprint density at radius 3 is 2.74 bits per heavy atom. The minimum absolute atomic E-state index is 0.225. The Labute approximate surface area is 188 Å². The van der Waals surface area contributed by atoms with Crippen molar-refractivity contribution < 1.29 is 18.7 Å². The number of benzene rings is 1. The molecule has 3 rings (SSSR count). The maximum absolute atomic E-state index is 12.4. The van der Waals surface area contributed by atoms with E-state index < -0.39 is 11.9 Å². The number of ether oxygens (including phenoxy) is 1. The summed E-state index contributed by atoms with van der Waals surface area (Å²) in [4.78, 5) is 24.7. The zero-order valence-electron chi connectivity index (χ0n) is 17.1. The summed E-state index contributed by atoms with van der Waals surface area (Å²) in [5.74, 6) is 0.139. The highest BCUT2D eigenvalue weighted by atomic mass is 35.5. The van der Waals surface area contributed by atoms with Crippen molar-refractivity contribution in [3.8, 4) is 17.4 Å². The summed E-state index contributed by atoms with van der Waals surface area (Å²) in [5, 5.41) is 13.0. The highest BCUT2D eigenvalue weighted by molar-refractivity contribution is 7.18. The van der Waals surface area contributed by atoms with Crippen LogP contribution in [0, 0.1) is 25.2 Å². The van der Waals surface area contributed by atoms with E-state index in [1.54, 1.807) is 26.0 Å². The lowest BCUT2D eigenvalue weighted by Crippen LogP contribution is -2.07. The summed E-state index contributed by atoms with van der Waals surface area (Å²) in [6.45, 7) is 5.49. The van der Waals surface area contributed by atoms with Crippen LogP contribution in [0.4, 0.5) is 5.00 Å². The standard InChI is InChI=1S/C23H19ClN2O4S/c1-4-29-23(28)21-14(3)17(12-25)22(31-21)26-20(27)10-8-16-7-9-19(30-16)15-6-5-13(2)18(24)11-15/h5-11H,4H2,1-3H3,(H,26,27)/b10-8+. The minimum atomic E-state index is -0.517. The van der Waals surface area contributed by atoms with Crippen LogP contribution < -0.4 is 5.32 Å². The molecule has 158 valence electrons. The summed E-state index contributed by atoms with van der Waals surface area (Å²) in [7, 11) is 0. The van der Waals surface area contributed by atoms with E-state index in [2.05, 4.69) is 5.32 Å². The third-order valence-electron chi connectivity index (χ3n) is 4.44. The topological polar surface area (TPSA) is 92.3 Å². The fourth-order valence-electron chi connectivity index (χ4n) is 2.78. The Morgan fingerprint density at radius 1 is 1.29 bits per heavy atom. The van der Waals surface area contributed by atoms with Gasteiger partial charge in [-0.15, -0.1) is 11.3 Å². The highest BCUT2D eigenvalue weighted by Crippen LogP contribution is 2.33. The number of nitriles is 1. The molecular weight excluding hydrogens is 436 g/mol. The molecule has 31 heavy (non-hydrogen) atoms. The lowest BCUT2D eigenvalue weighted by Gasteiger charge is -2.01. The molecule has 0 unspecified atom stereocenters. The van der Waals surface area contributed by atoms with Crippen molar-refractivity contribution in [2.45, 2.75) is 20.8 Å². The van der Waals surface area contributed by atoms with Crippen LogP contribution in [0.2, 0.25) is 5.02 Å². The average molecular weight is 455 g/mol. The first-order chi connectivity index (χ1) is 14.8. The predicted octanol–water partition coefficient (Wildman–Crippen LogP) is 5.98. The summed E-state index contributed by atoms with van der Waals surface area (Å²) >= 11 is 7.18. The molecule has 0 fully saturated rings. The number of anilines is 1. The Hall–Kier alpha value is -3.34. The molecule has 0 spiro atoms. The van der Waals surface area contributed by atoms with E-state index in [0.717, 1.165) is 22.5 Å². The van der Waals surface area contributed by atoms with Crippen molar-refractivity contribution in [2.75, 3.05) is 11.9 Å². The van der Waals surface area contributed by atoms with Crippen molar-refractivity contribution in [1.82, 2.24) is 0 Å². The maximum atomic E-state index is 12.4. The van der Waals surface area contributed by atoms with E-state index in [0.29, 0.717) is 32.0 Å². The van der Waals surface area contributed by atoms with Gasteiger partial charge in [0.2, 0.25) is 5.91 Å². The van der Waals surface area contributed by atoms with E-state index in [4.69, 9.17) is 20.8 Å². The molecule has 0 saturated carbocycles. The molecular formula is C23H19ClN2O4S. The lowest BCUT2D eigenvalue weighted by molar-refractivity contribution is -0.111. The summed E-state index contributed by atoms with van der Waals surface area (Å²) in [5.41, 5.74) is 2.53. The van der Waals surface area contributed by atoms with Gasteiger partial charge in [0, 0.05) is 16.7 Å². The molecule has 8 heteroatoms. The maximum Gasteiger partial charge on any atom is 0.348 e. The number of carbonyl (C=O) groups excluding carboxylic acids is 2. The molecule has 2 aromatic heterocycles. The second kappa shape index (κ2) is 9.65. The van der Waals surface area contributed by atoms with E-state index in [1.165, 1.54) is 12.2 Å². The number of thiophene rings is 1. The first kappa shape index (κ1) is 22.3. The van der Waals surface area contributed by atoms with Crippen LogP contribution >= 0.6 is 22.9 Å². The van der Waals surface area contributed by atoms with Crippen LogP contribution in [-0.2, 0) is 9.53 Å². The van der Waals surface area contributed by atoms with Gasteiger partial charge in [-0.1, -0.05) is 23.7 Å². The third kappa shape index (κ3) is 5.05. The highest BCUT2D eigenvalue weighted by Gasteiger charge is 2.21. The molecule has 0 aliphatic heterocycles. The number of hydrogen-bond acceptors (Lipinski definition) is 6. The number of aryl methyl sites for hydroxylation is 1. The molecule has 2 heterocycles. The van der Waals surface area contributed by atoms with Crippen LogP contribution in [0.5, 0.6) is 0 Å².